The minimum absolute atomic E-state index is 0.0422. The molecule has 0 aliphatic rings. The van der Waals surface area contributed by atoms with Gasteiger partial charge in [-0.05, 0) is 0 Å². The van der Waals surface area contributed by atoms with Crippen molar-refractivity contribution >= 4 is 11.7 Å². The van der Waals surface area contributed by atoms with Gasteiger partial charge in [-0.1, -0.05) is 13.8 Å². The Morgan fingerprint density at radius 1 is 1.43 bits per heavy atom. The molecule has 0 rings (SSSR count). The molecule has 0 aromatic carbocycles. The molecule has 14 heavy (non-hydrogen) atoms. The van der Waals surface area contributed by atoms with E-state index in [4.69, 9.17) is 4.74 Å². The van der Waals surface area contributed by atoms with Crippen molar-refractivity contribution in [3.05, 3.63) is 0 Å². The Morgan fingerprint density at radius 2 is 2.07 bits per heavy atom. The number of rotatable bonds is 7. The maximum Gasteiger partial charge on any atom is 0.222 e. The van der Waals surface area contributed by atoms with Crippen LogP contribution in [0.2, 0.25) is 0 Å². The van der Waals surface area contributed by atoms with E-state index in [0.717, 1.165) is 0 Å². The first-order chi connectivity index (χ1) is 6.61. The molecule has 0 fully saturated rings. The van der Waals surface area contributed by atoms with E-state index in [0.29, 0.717) is 26.1 Å². The first-order valence-corrected chi connectivity index (χ1v) is 4.92. The fraction of sp³-hybridized carbons (Fsp3) is 0.800. The van der Waals surface area contributed by atoms with Crippen molar-refractivity contribution in [1.82, 2.24) is 5.32 Å². The summed E-state index contributed by atoms with van der Waals surface area (Å²) in [6.07, 6.45) is 0.892. The highest BCUT2D eigenvalue weighted by molar-refractivity contribution is 5.80. The van der Waals surface area contributed by atoms with Crippen LogP contribution in [0.3, 0.4) is 0 Å². The SMILES string of the molecule is CCC(=O)C(C)COCCC(=O)NC. The van der Waals surface area contributed by atoms with Crippen molar-refractivity contribution < 1.29 is 14.3 Å². The Morgan fingerprint density at radius 3 is 2.57 bits per heavy atom. The summed E-state index contributed by atoms with van der Waals surface area (Å²) >= 11 is 0. The highest BCUT2D eigenvalue weighted by atomic mass is 16.5. The van der Waals surface area contributed by atoms with E-state index in [1.807, 2.05) is 13.8 Å². The van der Waals surface area contributed by atoms with E-state index < -0.39 is 0 Å². The summed E-state index contributed by atoms with van der Waals surface area (Å²) in [5.41, 5.74) is 0. The standard InChI is InChI=1S/C10H19NO3/c1-4-9(12)8(2)7-14-6-5-10(13)11-3/h8H,4-7H2,1-3H3,(H,11,13). The number of carbonyl (C=O) groups is 2. The molecule has 0 spiro atoms. The first-order valence-electron chi connectivity index (χ1n) is 4.92. The van der Waals surface area contributed by atoms with Gasteiger partial charge in [0.2, 0.25) is 5.91 Å². The van der Waals surface area contributed by atoms with Gasteiger partial charge in [-0.25, -0.2) is 0 Å². The van der Waals surface area contributed by atoms with Crippen LogP contribution in [0.1, 0.15) is 26.7 Å². The second kappa shape index (κ2) is 7.50. The van der Waals surface area contributed by atoms with Gasteiger partial charge < -0.3 is 10.1 Å². The number of ether oxygens (including phenoxy) is 1. The summed E-state index contributed by atoms with van der Waals surface area (Å²) in [6.45, 7) is 4.46. The number of hydrogen-bond donors (Lipinski definition) is 1. The van der Waals surface area contributed by atoms with Crippen LogP contribution in [0.15, 0.2) is 0 Å². The molecule has 1 atom stereocenters. The maximum atomic E-state index is 11.1. The van der Waals surface area contributed by atoms with Crippen molar-refractivity contribution in [3.63, 3.8) is 0 Å². The Labute approximate surface area is 85.0 Å². The van der Waals surface area contributed by atoms with Gasteiger partial charge in [0, 0.05) is 25.8 Å². The van der Waals surface area contributed by atoms with Crippen molar-refractivity contribution in [2.75, 3.05) is 20.3 Å². The molecule has 0 heterocycles. The van der Waals surface area contributed by atoms with Gasteiger partial charge in [0.25, 0.3) is 0 Å². The van der Waals surface area contributed by atoms with E-state index in [-0.39, 0.29) is 17.6 Å². The van der Waals surface area contributed by atoms with E-state index in [2.05, 4.69) is 5.32 Å². The normalized spacial score (nSPS) is 12.2. The van der Waals surface area contributed by atoms with Gasteiger partial charge in [-0.3, -0.25) is 9.59 Å². The van der Waals surface area contributed by atoms with Gasteiger partial charge >= 0.3 is 0 Å². The molecule has 0 bridgehead atoms. The highest BCUT2D eigenvalue weighted by Crippen LogP contribution is 2.01. The molecule has 0 radical (unpaired) electrons. The van der Waals surface area contributed by atoms with Gasteiger partial charge in [0.15, 0.2) is 0 Å². The quantitative estimate of drug-likeness (QED) is 0.618. The fourth-order valence-electron chi connectivity index (χ4n) is 0.991. The van der Waals surface area contributed by atoms with Crippen LogP contribution in [0.5, 0.6) is 0 Å². The summed E-state index contributed by atoms with van der Waals surface area (Å²) in [5, 5.41) is 2.50. The average molecular weight is 201 g/mol. The maximum absolute atomic E-state index is 11.1. The molecule has 1 unspecified atom stereocenters. The van der Waals surface area contributed by atoms with Crippen molar-refractivity contribution in [2.45, 2.75) is 26.7 Å². The van der Waals surface area contributed by atoms with Crippen LogP contribution in [0.25, 0.3) is 0 Å². The van der Waals surface area contributed by atoms with Crippen molar-refractivity contribution in [3.8, 4) is 0 Å². The summed E-state index contributed by atoms with van der Waals surface area (Å²) in [4.78, 5) is 21.9. The van der Waals surface area contributed by atoms with Crippen molar-refractivity contribution in [2.24, 2.45) is 5.92 Å². The molecular formula is C10H19NO3. The van der Waals surface area contributed by atoms with Crippen LogP contribution in [-0.2, 0) is 14.3 Å². The van der Waals surface area contributed by atoms with Gasteiger partial charge in [-0.2, -0.15) is 0 Å². The summed E-state index contributed by atoms with van der Waals surface area (Å²) in [6, 6.07) is 0. The number of ketones is 1. The lowest BCUT2D eigenvalue weighted by atomic mass is 10.1. The largest absolute Gasteiger partial charge is 0.380 e. The predicted molar refractivity (Wildman–Crippen MR) is 54.0 cm³/mol. The summed E-state index contributed by atoms with van der Waals surface area (Å²) < 4.78 is 5.21. The first kappa shape index (κ1) is 13.1. The molecule has 0 saturated heterocycles. The van der Waals surface area contributed by atoms with Crippen LogP contribution in [0, 0.1) is 5.92 Å². The zero-order valence-electron chi connectivity index (χ0n) is 9.13. The van der Waals surface area contributed by atoms with Crippen LogP contribution >= 0.6 is 0 Å². The van der Waals surface area contributed by atoms with Crippen molar-refractivity contribution in [1.29, 1.82) is 0 Å². The molecule has 4 nitrogen and oxygen atoms in total. The Bertz CT molecular complexity index is 192. The molecule has 1 N–H and O–H groups in total. The third-order valence-corrected chi connectivity index (χ3v) is 2.02. The predicted octanol–water partition coefficient (Wildman–Crippen LogP) is 0.754. The second-order valence-corrected chi connectivity index (χ2v) is 3.22. The number of nitrogens with one attached hydrogen (secondary N) is 1. The van der Waals surface area contributed by atoms with Gasteiger partial charge in [0.05, 0.1) is 13.2 Å². The molecule has 0 aromatic heterocycles. The van der Waals surface area contributed by atoms with Crippen LogP contribution in [-0.4, -0.2) is 32.0 Å². The van der Waals surface area contributed by atoms with E-state index in [1.54, 1.807) is 7.05 Å². The smallest absolute Gasteiger partial charge is 0.222 e. The Balaban J connectivity index is 3.45. The second-order valence-electron chi connectivity index (χ2n) is 3.22. The lowest BCUT2D eigenvalue weighted by Gasteiger charge is -2.09. The third-order valence-electron chi connectivity index (χ3n) is 2.02. The molecule has 4 heteroatoms. The molecule has 1 amide bonds. The Hall–Kier alpha value is -0.900. The van der Waals surface area contributed by atoms with E-state index >= 15 is 0 Å². The molecule has 82 valence electrons. The fourth-order valence-corrected chi connectivity index (χ4v) is 0.991. The number of carbonyl (C=O) groups excluding carboxylic acids is 2. The lowest BCUT2D eigenvalue weighted by Crippen LogP contribution is -2.21. The summed E-state index contributed by atoms with van der Waals surface area (Å²) in [7, 11) is 1.59. The van der Waals surface area contributed by atoms with Crippen LogP contribution in [0.4, 0.5) is 0 Å². The molecule has 0 aromatic rings. The number of Topliss-reactive ketones (excluding diaryl/α,β-unsaturated/α-hetero) is 1. The zero-order valence-corrected chi connectivity index (χ0v) is 9.13. The summed E-state index contributed by atoms with van der Waals surface area (Å²) in [5.74, 6) is 0.0918. The van der Waals surface area contributed by atoms with Gasteiger partial charge in [0.1, 0.15) is 5.78 Å². The minimum atomic E-state index is -0.0651. The molecule has 0 aliphatic heterocycles. The topological polar surface area (TPSA) is 55.4 Å². The number of hydrogen-bond acceptors (Lipinski definition) is 3. The molecule has 0 saturated carbocycles. The lowest BCUT2D eigenvalue weighted by molar-refractivity contribution is -0.124. The van der Waals surface area contributed by atoms with E-state index in [9.17, 15) is 9.59 Å². The average Bonchev–Trinajstić information content (AvgIpc) is 2.22. The molecule has 0 aliphatic carbocycles. The van der Waals surface area contributed by atoms with Crippen LogP contribution < -0.4 is 5.32 Å². The zero-order chi connectivity index (χ0) is 11.0. The van der Waals surface area contributed by atoms with Gasteiger partial charge in [-0.15, -0.1) is 0 Å². The number of amides is 1. The molecular weight excluding hydrogens is 182 g/mol. The van der Waals surface area contributed by atoms with E-state index in [1.165, 1.54) is 0 Å². The third kappa shape index (κ3) is 5.70. The monoisotopic (exact) mass is 201 g/mol. The highest BCUT2D eigenvalue weighted by Gasteiger charge is 2.10. The minimum Gasteiger partial charge on any atom is -0.380 e. The Kier molecular flexibility index (Phi) is 7.02.